The van der Waals surface area contributed by atoms with Crippen molar-refractivity contribution in [1.82, 2.24) is 9.78 Å². The minimum absolute atomic E-state index is 0.416. The van der Waals surface area contributed by atoms with Gasteiger partial charge in [0, 0.05) is 5.69 Å². The van der Waals surface area contributed by atoms with Gasteiger partial charge in [-0.15, -0.1) is 22.9 Å². The smallest absolute Gasteiger partial charge is 0.115 e. The van der Waals surface area contributed by atoms with Crippen LogP contribution in [0.5, 0.6) is 0 Å². The topological polar surface area (TPSA) is 17.8 Å². The summed E-state index contributed by atoms with van der Waals surface area (Å²) < 4.78 is 1.86. The highest BCUT2D eigenvalue weighted by atomic mass is 35.5. The molecule has 0 aliphatic rings. The van der Waals surface area contributed by atoms with E-state index in [1.165, 1.54) is 10.6 Å². The molecule has 2 aromatic rings. The molecule has 80 valence electrons. The molecule has 0 N–H and O–H groups in total. The lowest BCUT2D eigenvalue weighted by molar-refractivity contribution is 0.656. The van der Waals surface area contributed by atoms with Crippen LogP contribution in [0.3, 0.4) is 0 Å². The van der Waals surface area contributed by atoms with Crippen molar-refractivity contribution in [3.8, 4) is 10.6 Å². The maximum absolute atomic E-state index is 5.85. The molecule has 0 saturated carbocycles. The molecule has 2 heterocycles. The average Bonchev–Trinajstić information content (AvgIpc) is 2.86. The van der Waals surface area contributed by atoms with Crippen LogP contribution in [0.25, 0.3) is 10.6 Å². The van der Waals surface area contributed by atoms with E-state index >= 15 is 0 Å². The first kappa shape index (κ1) is 10.7. The lowest BCUT2D eigenvalue weighted by atomic mass is 10.1. The molecule has 2 rings (SSSR count). The van der Waals surface area contributed by atoms with Gasteiger partial charge in [0.1, 0.15) is 11.7 Å². The molecule has 0 aliphatic carbocycles. The third kappa shape index (κ3) is 2.08. The Balaban J connectivity index is 2.43. The summed E-state index contributed by atoms with van der Waals surface area (Å²) in [5.74, 6) is 0.449. The molecular weight excluding hydrogens is 228 g/mol. The van der Waals surface area contributed by atoms with Gasteiger partial charge in [0.05, 0.1) is 4.88 Å². The van der Waals surface area contributed by atoms with Crippen LogP contribution in [-0.4, -0.2) is 9.78 Å². The Hall–Kier alpha value is -0.800. The van der Waals surface area contributed by atoms with Crippen LogP contribution in [0, 0.1) is 0 Å². The van der Waals surface area contributed by atoms with E-state index in [0.29, 0.717) is 11.9 Å². The molecule has 0 spiro atoms. The number of hydrogen-bond acceptors (Lipinski definition) is 2. The van der Waals surface area contributed by atoms with Crippen LogP contribution >= 0.6 is 22.9 Å². The Morgan fingerprint density at radius 3 is 2.80 bits per heavy atom. The van der Waals surface area contributed by atoms with Crippen LogP contribution in [0.1, 0.15) is 25.5 Å². The van der Waals surface area contributed by atoms with Crippen molar-refractivity contribution in [3.05, 3.63) is 29.3 Å². The molecular formula is C11H13ClN2S. The molecule has 0 amide bonds. The minimum atomic E-state index is 0.416. The van der Waals surface area contributed by atoms with Crippen molar-refractivity contribution in [2.24, 2.45) is 0 Å². The molecule has 0 fully saturated rings. The largest absolute Gasteiger partial charge is 0.254 e. The van der Waals surface area contributed by atoms with E-state index in [2.05, 4.69) is 36.5 Å². The summed E-state index contributed by atoms with van der Waals surface area (Å²) in [5, 5.41) is 6.55. The summed E-state index contributed by atoms with van der Waals surface area (Å²) in [5.41, 5.74) is 2.21. The first-order valence-corrected chi connectivity index (χ1v) is 6.31. The van der Waals surface area contributed by atoms with E-state index in [-0.39, 0.29) is 0 Å². The van der Waals surface area contributed by atoms with Crippen molar-refractivity contribution >= 4 is 22.9 Å². The summed E-state index contributed by atoms with van der Waals surface area (Å²) in [4.78, 5) is 1.20. The quantitative estimate of drug-likeness (QED) is 0.744. The predicted molar refractivity (Wildman–Crippen MR) is 65.5 cm³/mol. The summed E-state index contributed by atoms with van der Waals surface area (Å²) >= 11 is 7.56. The molecule has 4 heteroatoms. The first-order valence-electron chi connectivity index (χ1n) is 4.90. The zero-order valence-electron chi connectivity index (χ0n) is 8.77. The Labute approximate surface area is 98.5 Å². The molecule has 0 aliphatic heterocycles. The third-order valence-corrected chi connectivity index (χ3v) is 3.41. The first-order chi connectivity index (χ1) is 7.22. The van der Waals surface area contributed by atoms with Gasteiger partial charge in [-0.3, -0.25) is 4.68 Å². The van der Waals surface area contributed by atoms with Gasteiger partial charge >= 0.3 is 0 Å². The van der Waals surface area contributed by atoms with Gasteiger partial charge in [-0.25, -0.2) is 0 Å². The van der Waals surface area contributed by atoms with Gasteiger partial charge in [0.2, 0.25) is 0 Å². The highest BCUT2D eigenvalue weighted by Crippen LogP contribution is 2.27. The normalized spacial score (nSPS) is 11.2. The molecule has 15 heavy (non-hydrogen) atoms. The van der Waals surface area contributed by atoms with Gasteiger partial charge < -0.3 is 0 Å². The second-order valence-corrected chi connectivity index (χ2v) is 4.89. The maximum atomic E-state index is 5.85. The van der Waals surface area contributed by atoms with E-state index in [1.54, 1.807) is 11.3 Å². The van der Waals surface area contributed by atoms with Gasteiger partial charge in [-0.05, 0) is 23.4 Å². The number of hydrogen-bond donors (Lipinski definition) is 0. The van der Waals surface area contributed by atoms with E-state index in [1.807, 2.05) is 10.7 Å². The van der Waals surface area contributed by atoms with Crippen LogP contribution in [0.15, 0.2) is 23.6 Å². The third-order valence-electron chi connectivity index (χ3n) is 2.29. The van der Waals surface area contributed by atoms with Crippen molar-refractivity contribution < 1.29 is 0 Å². The van der Waals surface area contributed by atoms with Crippen molar-refractivity contribution in [2.45, 2.75) is 25.8 Å². The number of rotatable bonds is 3. The summed E-state index contributed by atoms with van der Waals surface area (Å²) in [6, 6.07) is 6.65. The molecule has 0 aromatic carbocycles. The van der Waals surface area contributed by atoms with E-state index in [0.717, 1.165) is 5.69 Å². The molecule has 0 bridgehead atoms. The summed E-state index contributed by atoms with van der Waals surface area (Å²) in [7, 11) is 0. The van der Waals surface area contributed by atoms with Crippen molar-refractivity contribution in [1.29, 1.82) is 0 Å². The fourth-order valence-corrected chi connectivity index (χ4v) is 2.41. The predicted octanol–water partition coefficient (Wildman–Crippen LogP) is 3.93. The molecule has 0 unspecified atom stereocenters. The number of nitrogens with zero attached hydrogens (tertiary/aromatic N) is 2. The summed E-state index contributed by atoms with van der Waals surface area (Å²) in [6.07, 6.45) is 0. The molecule has 2 aromatic heterocycles. The van der Waals surface area contributed by atoms with E-state index in [9.17, 15) is 0 Å². The van der Waals surface area contributed by atoms with Crippen LogP contribution in [0.4, 0.5) is 0 Å². The monoisotopic (exact) mass is 240 g/mol. The fourth-order valence-electron chi connectivity index (χ4n) is 1.54. The van der Waals surface area contributed by atoms with E-state index < -0.39 is 0 Å². The number of thiophene rings is 1. The average molecular weight is 241 g/mol. The second kappa shape index (κ2) is 4.37. The Morgan fingerprint density at radius 2 is 2.33 bits per heavy atom. The highest BCUT2D eigenvalue weighted by Gasteiger charge is 2.11. The van der Waals surface area contributed by atoms with Gasteiger partial charge in [0.25, 0.3) is 0 Å². The fraction of sp³-hybridized carbons (Fsp3) is 0.364. The SMILES string of the molecule is CC(C)c1cc(-c2cccs2)nn1CCl. The number of aromatic nitrogens is 2. The maximum Gasteiger partial charge on any atom is 0.115 e. The highest BCUT2D eigenvalue weighted by molar-refractivity contribution is 7.13. The van der Waals surface area contributed by atoms with E-state index in [4.69, 9.17) is 11.6 Å². The molecule has 0 radical (unpaired) electrons. The standard InChI is InChI=1S/C11H13ClN2S/c1-8(2)10-6-9(13-14(10)7-12)11-4-3-5-15-11/h3-6,8H,7H2,1-2H3. The zero-order valence-corrected chi connectivity index (χ0v) is 10.3. The van der Waals surface area contributed by atoms with Crippen LogP contribution in [-0.2, 0) is 6.00 Å². The van der Waals surface area contributed by atoms with Gasteiger partial charge in [0.15, 0.2) is 0 Å². The second-order valence-electron chi connectivity index (χ2n) is 3.71. The minimum Gasteiger partial charge on any atom is -0.254 e. The van der Waals surface area contributed by atoms with Crippen molar-refractivity contribution in [2.75, 3.05) is 0 Å². The zero-order chi connectivity index (χ0) is 10.8. The summed E-state index contributed by atoms with van der Waals surface area (Å²) in [6.45, 7) is 4.30. The van der Waals surface area contributed by atoms with Gasteiger partial charge in [-0.1, -0.05) is 19.9 Å². The van der Waals surface area contributed by atoms with Crippen LogP contribution in [0.2, 0.25) is 0 Å². The Morgan fingerprint density at radius 1 is 1.53 bits per heavy atom. The molecule has 0 saturated heterocycles. The van der Waals surface area contributed by atoms with Gasteiger partial charge in [-0.2, -0.15) is 5.10 Å². The molecule has 0 atom stereocenters. The molecule has 2 nitrogen and oxygen atoms in total. The Bertz CT molecular complexity index is 431. The lowest BCUT2D eigenvalue weighted by Gasteiger charge is -2.05. The number of alkyl halides is 1. The van der Waals surface area contributed by atoms with Crippen LogP contribution < -0.4 is 0 Å². The number of halogens is 1. The Kier molecular flexibility index (Phi) is 3.12. The van der Waals surface area contributed by atoms with Crippen molar-refractivity contribution in [3.63, 3.8) is 0 Å². The lowest BCUT2D eigenvalue weighted by Crippen LogP contribution is -2.02.